The van der Waals surface area contributed by atoms with E-state index in [1.165, 1.54) is 6.07 Å². The van der Waals surface area contributed by atoms with E-state index in [2.05, 4.69) is 14.7 Å². The molecular formula is C23H17ClN3O5S+. The number of anilines is 1. The lowest BCUT2D eigenvalue weighted by molar-refractivity contribution is 0.0697. The van der Waals surface area contributed by atoms with Crippen LogP contribution < -0.4 is 10.1 Å². The predicted molar refractivity (Wildman–Crippen MR) is 125 cm³/mol. The van der Waals surface area contributed by atoms with Crippen LogP contribution in [0.2, 0.25) is 5.02 Å². The van der Waals surface area contributed by atoms with Crippen LogP contribution in [0, 0.1) is 0 Å². The van der Waals surface area contributed by atoms with Crippen LogP contribution in [0.25, 0.3) is 22.5 Å². The first-order valence-corrected chi connectivity index (χ1v) is 11.6. The topological polar surface area (TPSA) is 116 Å². The Hall–Kier alpha value is -3.69. The summed E-state index contributed by atoms with van der Waals surface area (Å²) in [7, 11) is -1.87. The van der Waals surface area contributed by atoms with Gasteiger partial charge in [0.15, 0.2) is 21.7 Å². The normalized spacial score (nSPS) is 13.7. The number of hydrogen-bond acceptors (Lipinski definition) is 5. The molecule has 0 saturated carbocycles. The van der Waals surface area contributed by atoms with Gasteiger partial charge in [0.1, 0.15) is 0 Å². The van der Waals surface area contributed by atoms with Gasteiger partial charge >= 0.3 is 11.7 Å². The molecule has 166 valence electrons. The summed E-state index contributed by atoms with van der Waals surface area (Å²) >= 11 is 5.97. The molecule has 33 heavy (non-hydrogen) atoms. The minimum absolute atomic E-state index is 0.136. The van der Waals surface area contributed by atoms with Crippen molar-refractivity contribution in [2.24, 2.45) is 0 Å². The number of hydrogen-bond donors (Lipinski definition) is 2. The van der Waals surface area contributed by atoms with E-state index in [9.17, 15) is 18.9 Å². The highest BCUT2D eigenvalue weighted by atomic mass is 35.5. The maximum atomic E-state index is 13.3. The van der Waals surface area contributed by atoms with Gasteiger partial charge in [-0.15, -0.1) is 0 Å². The van der Waals surface area contributed by atoms with Gasteiger partial charge < -0.3 is 5.11 Å². The van der Waals surface area contributed by atoms with Crippen LogP contribution in [0.4, 0.5) is 5.69 Å². The fraction of sp³-hybridized carbons (Fsp3) is 0.0870. The van der Waals surface area contributed by atoms with Crippen molar-refractivity contribution in [3.05, 3.63) is 87.4 Å². The zero-order chi connectivity index (χ0) is 23.1. The first-order valence-electron chi connectivity index (χ1n) is 9.98. The second kappa shape index (κ2) is 8.34. The Morgan fingerprint density at radius 2 is 1.85 bits per heavy atom. The number of nitrogens with one attached hydrogen (secondary N) is 1. The summed E-state index contributed by atoms with van der Waals surface area (Å²) < 4.78 is 19.7. The van der Waals surface area contributed by atoms with Crippen molar-refractivity contribution in [2.75, 3.05) is 10.8 Å². The summed E-state index contributed by atoms with van der Waals surface area (Å²) in [5.74, 6) is -1.37. The molecule has 1 aromatic heterocycles. The monoisotopic (exact) mass is 482 g/mol. The van der Waals surface area contributed by atoms with E-state index in [4.69, 9.17) is 11.6 Å². The number of fused-ring (bicyclic) bond motifs is 1. The van der Waals surface area contributed by atoms with Crippen molar-refractivity contribution >= 4 is 34.2 Å². The number of aromatic carboxylic acids is 1. The van der Waals surface area contributed by atoms with Crippen LogP contribution in [-0.4, -0.2) is 27.8 Å². The van der Waals surface area contributed by atoms with E-state index in [0.29, 0.717) is 39.8 Å². The minimum atomic E-state index is -1.87. The highest BCUT2D eigenvalue weighted by molar-refractivity contribution is 7.86. The number of carbonyl (C=O) groups is 1. The molecule has 2 heterocycles. The highest BCUT2D eigenvalue weighted by Crippen LogP contribution is 2.36. The molecule has 1 unspecified atom stereocenters. The van der Waals surface area contributed by atoms with Crippen LogP contribution >= 0.6 is 11.6 Å². The molecule has 1 aliphatic rings. The molecule has 0 aliphatic carbocycles. The maximum Gasteiger partial charge on any atom is 0.439 e. The van der Waals surface area contributed by atoms with E-state index in [1.807, 2.05) is 22.5 Å². The standard InChI is InChI=1S/C23H16ClN3O5S/c24-16-4-7-18(19(12-16)22(28)29)14-3-8-20-15(11-14)9-10-27(20)33(31)17-5-1-13(2-6-17)21-25-23(30)32-26-21/h1-8,11-12H,9-10H2,(H,28,29)(H,25,26,30)/p+1. The maximum absolute atomic E-state index is 13.3. The molecule has 0 fully saturated rings. The summed E-state index contributed by atoms with van der Waals surface area (Å²) in [6.07, 6.45) is 0.693. The Morgan fingerprint density at radius 1 is 1.09 bits per heavy atom. The molecule has 8 nitrogen and oxygen atoms in total. The Bertz CT molecular complexity index is 1460. The summed E-state index contributed by atoms with van der Waals surface area (Å²) in [5, 5.41) is 13.6. The lowest BCUT2D eigenvalue weighted by Gasteiger charge is -2.13. The molecule has 3 aromatic carbocycles. The van der Waals surface area contributed by atoms with Crippen LogP contribution in [0.1, 0.15) is 15.9 Å². The molecule has 2 N–H and O–H groups in total. The van der Waals surface area contributed by atoms with Crippen molar-refractivity contribution in [2.45, 2.75) is 11.3 Å². The minimum Gasteiger partial charge on any atom is -0.478 e. The van der Waals surface area contributed by atoms with Gasteiger partial charge in [-0.1, -0.05) is 33.1 Å². The average molecular weight is 483 g/mol. The fourth-order valence-corrected chi connectivity index (χ4v) is 5.45. The lowest BCUT2D eigenvalue weighted by Crippen LogP contribution is -2.22. The summed E-state index contributed by atoms with van der Waals surface area (Å²) in [5.41, 5.74) is 3.99. The lowest BCUT2D eigenvalue weighted by atomic mass is 9.97. The Morgan fingerprint density at radius 3 is 2.55 bits per heavy atom. The van der Waals surface area contributed by atoms with Gasteiger partial charge in [-0.05, 0) is 71.6 Å². The summed E-state index contributed by atoms with van der Waals surface area (Å²) in [6.45, 7) is 0.582. The van der Waals surface area contributed by atoms with Crippen LogP contribution in [0.15, 0.2) is 74.9 Å². The second-order valence-corrected chi connectivity index (χ2v) is 9.46. The number of benzene rings is 3. The Balaban J connectivity index is 1.42. The molecule has 0 radical (unpaired) electrons. The van der Waals surface area contributed by atoms with Gasteiger partial charge in [-0.3, -0.25) is 9.51 Å². The van der Waals surface area contributed by atoms with E-state index in [1.54, 1.807) is 36.4 Å². The zero-order valence-corrected chi connectivity index (χ0v) is 18.6. The summed E-state index contributed by atoms with van der Waals surface area (Å²) in [4.78, 5) is 25.9. The van der Waals surface area contributed by atoms with Crippen molar-refractivity contribution in [3.63, 3.8) is 0 Å². The number of aromatic amines is 1. The van der Waals surface area contributed by atoms with Crippen LogP contribution in [0.5, 0.6) is 0 Å². The Kier molecular flexibility index (Phi) is 5.35. The molecule has 1 aliphatic heterocycles. The van der Waals surface area contributed by atoms with Crippen molar-refractivity contribution < 1.29 is 18.6 Å². The number of carboxylic acid groups (broad SMARTS) is 1. The van der Waals surface area contributed by atoms with Gasteiger partial charge in [0, 0.05) is 10.6 Å². The highest BCUT2D eigenvalue weighted by Gasteiger charge is 2.30. The molecule has 1 atom stereocenters. The number of halogens is 1. The van der Waals surface area contributed by atoms with E-state index >= 15 is 0 Å². The Labute approximate surface area is 195 Å². The van der Waals surface area contributed by atoms with Crippen molar-refractivity contribution in [1.82, 2.24) is 10.1 Å². The van der Waals surface area contributed by atoms with E-state index in [-0.39, 0.29) is 5.56 Å². The molecule has 5 rings (SSSR count). The third-order valence-corrected chi connectivity index (χ3v) is 7.32. The molecule has 4 aromatic rings. The van der Waals surface area contributed by atoms with Gasteiger partial charge in [-0.2, -0.15) is 4.31 Å². The van der Waals surface area contributed by atoms with E-state index < -0.39 is 22.7 Å². The predicted octanol–water partition coefficient (Wildman–Crippen LogP) is 4.08. The zero-order valence-electron chi connectivity index (χ0n) is 17.0. The number of nitrogens with zero attached hydrogens (tertiary/aromatic N) is 2. The first kappa shape index (κ1) is 21.2. The van der Waals surface area contributed by atoms with Crippen LogP contribution in [-0.2, 0) is 21.6 Å². The SMILES string of the molecule is O=C(O)c1cc(Cl)ccc1-c1ccc2c(c1)CCN2[SH+](=O)c1ccc(-c2noc(=O)[nH]2)cc1. The van der Waals surface area contributed by atoms with E-state index in [0.717, 1.165) is 16.8 Å². The number of H-pyrrole nitrogens is 1. The molecule has 0 saturated heterocycles. The van der Waals surface area contributed by atoms with Gasteiger partial charge in [0.05, 0.1) is 17.8 Å². The van der Waals surface area contributed by atoms with Crippen molar-refractivity contribution in [1.29, 1.82) is 0 Å². The number of carboxylic acids is 1. The molecule has 0 spiro atoms. The second-order valence-electron chi connectivity index (χ2n) is 7.48. The smallest absolute Gasteiger partial charge is 0.439 e. The molecule has 10 heteroatoms. The summed E-state index contributed by atoms with van der Waals surface area (Å²) in [6, 6.07) is 17.4. The van der Waals surface area contributed by atoms with Crippen molar-refractivity contribution in [3.8, 4) is 22.5 Å². The van der Waals surface area contributed by atoms with Gasteiger partial charge in [-0.25, -0.2) is 9.59 Å². The third kappa shape index (κ3) is 3.96. The quantitative estimate of drug-likeness (QED) is 0.327. The number of rotatable bonds is 5. The fourth-order valence-electron chi connectivity index (χ4n) is 3.93. The average Bonchev–Trinajstić information content (AvgIpc) is 3.44. The number of aromatic nitrogens is 2. The first-order chi connectivity index (χ1) is 15.9. The third-order valence-electron chi connectivity index (χ3n) is 5.49. The number of thiol groups is 1. The molecule has 0 amide bonds. The van der Waals surface area contributed by atoms with Gasteiger partial charge in [0.2, 0.25) is 0 Å². The molecular weight excluding hydrogens is 466 g/mol. The largest absolute Gasteiger partial charge is 0.478 e. The molecule has 0 bridgehead atoms. The van der Waals surface area contributed by atoms with Gasteiger partial charge in [0.25, 0.3) is 0 Å². The van der Waals surface area contributed by atoms with Crippen LogP contribution in [0.3, 0.4) is 0 Å².